The number of aromatic amines is 1. The number of H-pyrrole nitrogens is 1. The topological polar surface area (TPSA) is 72.9 Å². The van der Waals surface area contributed by atoms with Crippen LogP contribution in [0, 0.1) is 22.9 Å². The Morgan fingerprint density at radius 2 is 2.15 bits per heavy atom. The zero-order chi connectivity index (χ0) is 18.3. The molecule has 1 aromatic carbocycles. The summed E-state index contributed by atoms with van der Waals surface area (Å²) in [5.74, 6) is 3.63. The van der Waals surface area contributed by atoms with E-state index in [-0.39, 0.29) is 24.5 Å². The van der Waals surface area contributed by atoms with Crippen LogP contribution < -0.4 is 20.0 Å². The van der Waals surface area contributed by atoms with Crippen LogP contribution in [0.2, 0.25) is 0 Å². The Labute approximate surface area is 149 Å². The van der Waals surface area contributed by atoms with Crippen LogP contribution in [0.4, 0.5) is 0 Å². The normalized spacial score (nSPS) is 15.3. The SMILES string of the molecule is C#CCON=C1C(=O)CC=c2[nH]c3c(c21)C=c1c(OC)cc(OC)cc1=3. The van der Waals surface area contributed by atoms with Gasteiger partial charge < -0.3 is 19.3 Å². The van der Waals surface area contributed by atoms with E-state index in [0.29, 0.717) is 11.5 Å². The summed E-state index contributed by atoms with van der Waals surface area (Å²) < 4.78 is 10.9. The molecule has 0 unspecified atom stereocenters. The summed E-state index contributed by atoms with van der Waals surface area (Å²) in [6, 6.07) is 3.77. The van der Waals surface area contributed by atoms with E-state index in [1.54, 1.807) is 14.2 Å². The van der Waals surface area contributed by atoms with Crippen LogP contribution in [0.25, 0.3) is 12.2 Å². The first-order valence-corrected chi connectivity index (χ1v) is 8.05. The molecule has 0 spiro atoms. The van der Waals surface area contributed by atoms with Gasteiger partial charge in [-0.05, 0) is 12.1 Å². The molecule has 0 saturated heterocycles. The summed E-state index contributed by atoms with van der Waals surface area (Å²) in [5, 5.41) is 7.63. The molecule has 2 aliphatic rings. The van der Waals surface area contributed by atoms with Crippen molar-refractivity contribution in [1.29, 1.82) is 0 Å². The van der Waals surface area contributed by atoms with Gasteiger partial charge in [0.05, 0.1) is 19.6 Å². The van der Waals surface area contributed by atoms with E-state index in [2.05, 4.69) is 16.1 Å². The number of hydrogen-bond acceptors (Lipinski definition) is 5. The molecular formula is C20H16N2O4. The molecule has 0 saturated carbocycles. The van der Waals surface area contributed by atoms with Crippen molar-refractivity contribution >= 4 is 23.6 Å². The zero-order valence-electron chi connectivity index (χ0n) is 14.4. The molecule has 2 aromatic rings. The predicted molar refractivity (Wildman–Crippen MR) is 96.2 cm³/mol. The second-order valence-corrected chi connectivity index (χ2v) is 5.89. The highest BCUT2D eigenvalue weighted by molar-refractivity contribution is 6.48. The standard InChI is InChI=1S/C20H16N2O4/c1-4-7-26-22-20-16(23)6-5-15-18(20)14-10-12-13(19(14)21-15)8-11(24-2)9-17(12)25-3/h1,5,8-10,21H,6-7H2,2-3H3. The number of carbonyl (C=O) groups is 1. The van der Waals surface area contributed by atoms with Crippen molar-refractivity contribution in [2.45, 2.75) is 6.42 Å². The molecule has 1 N–H and O–H groups in total. The molecule has 6 heteroatoms. The molecule has 0 fully saturated rings. The van der Waals surface area contributed by atoms with E-state index >= 15 is 0 Å². The molecule has 2 aliphatic carbocycles. The van der Waals surface area contributed by atoms with Gasteiger partial charge in [-0.25, -0.2) is 0 Å². The Morgan fingerprint density at radius 1 is 1.31 bits per heavy atom. The van der Waals surface area contributed by atoms with Gasteiger partial charge in [0.25, 0.3) is 0 Å². The van der Waals surface area contributed by atoms with Gasteiger partial charge in [-0.15, -0.1) is 6.42 Å². The fourth-order valence-electron chi connectivity index (χ4n) is 3.35. The molecule has 6 nitrogen and oxygen atoms in total. The van der Waals surface area contributed by atoms with Crippen LogP contribution in [0.5, 0.6) is 11.5 Å². The summed E-state index contributed by atoms with van der Waals surface area (Å²) in [7, 11) is 3.23. The molecule has 4 rings (SSSR count). The number of carbonyl (C=O) groups excluding carboxylic acids is 1. The molecule has 1 aromatic heterocycles. The third-order valence-corrected chi connectivity index (χ3v) is 4.49. The van der Waals surface area contributed by atoms with Crippen molar-refractivity contribution in [3.05, 3.63) is 44.4 Å². The molecule has 26 heavy (non-hydrogen) atoms. The summed E-state index contributed by atoms with van der Waals surface area (Å²) in [6.07, 6.45) is 9.30. The third-order valence-electron chi connectivity index (χ3n) is 4.49. The number of hydrogen-bond donors (Lipinski definition) is 1. The van der Waals surface area contributed by atoms with Crippen molar-refractivity contribution in [3.8, 4) is 23.8 Å². The van der Waals surface area contributed by atoms with Gasteiger partial charge in [0, 0.05) is 39.4 Å². The van der Waals surface area contributed by atoms with Gasteiger partial charge in [0.1, 0.15) is 11.5 Å². The summed E-state index contributed by atoms with van der Waals surface area (Å²) in [4.78, 5) is 20.8. The Morgan fingerprint density at radius 3 is 2.88 bits per heavy atom. The average molecular weight is 348 g/mol. The second kappa shape index (κ2) is 6.12. The molecule has 0 aliphatic heterocycles. The van der Waals surface area contributed by atoms with Crippen molar-refractivity contribution in [2.24, 2.45) is 5.16 Å². The molecular weight excluding hydrogens is 332 g/mol. The number of ketones is 1. The van der Waals surface area contributed by atoms with Crippen LogP contribution in [-0.2, 0) is 9.63 Å². The number of oxime groups is 1. The first-order chi connectivity index (χ1) is 12.7. The fourth-order valence-corrected chi connectivity index (χ4v) is 3.35. The quantitative estimate of drug-likeness (QED) is 0.425. The summed E-state index contributed by atoms with van der Waals surface area (Å²) in [5.41, 5.74) is 1.89. The first-order valence-electron chi connectivity index (χ1n) is 8.05. The number of nitrogens with one attached hydrogen (secondary N) is 1. The molecule has 0 bridgehead atoms. The lowest BCUT2D eigenvalue weighted by Crippen LogP contribution is -2.28. The number of nitrogens with zero attached hydrogens (tertiary/aromatic N) is 1. The number of ether oxygens (including phenoxy) is 2. The van der Waals surface area contributed by atoms with Gasteiger partial charge in [-0.2, -0.15) is 0 Å². The lowest BCUT2D eigenvalue weighted by Gasteiger charge is -2.08. The summed E-state index contributed by atoms with van der Waals surface area (Å²) >= 11 is 0. The van der Waals surface area contributed by atoms with Gasteiger partial charge in [-0.1, -0.05) is 17.2 Å². The van der Waals surface area contributed by atoms with E-state index < -0.39 is 0 Å². The molecule has 0 amide bonds. The number of rotatable bonds is 4. The molecule has 0 atom stereocenters. The zero-order valence-corrected chi connectivity index (χ0v) is 14.4. The van der Waals surface area contributed by atoms with Crippen LogP contribution >= 0.6 is 0 Å². The first kappa shape index (κ1) is 16.0. The van der Waals surface area contributed by atoms with Crippen molar-refractivity contribution < 1.29 is 19.1 Å². The monoisotopic (exact) mass is 348 g/mol. The number of aromatic nitrogens is 1. The van der Waals surface area contributed by atoms with Gasteiger partial charge in [0.15, 0.2) is 18.1 Å². The smallest absolute Gasteiger partial charge is 0.189 e. The minimum absolute atomic E-state index is 0.0113. The van der Waals surface area contributed by atoms with E-state index in [1.807, 2.05) is 24.3 Å². The fraction of sp³-hybridized carbons (Fsp3) is 0.200. The lowest BCUT2D eigenvalue weighted by atomic mass is 9.97. The van der Waals surface area contributed by atoms with Gasteiger partial charge in [-0.3, -0.25) is 4.79 Å². The van der Waals surface area contributed by atoms with E-state index in [0.717, 1.165) is 32.3 Å². The second-order valence-electron chi connectivity index (χ2n) is 5.89. The van der Waals surface area contributed by atoms with Crippen molar-refractivity contribution in [2.75, 3.05) is 20.8 Å². The molecule has 1 heterocycles. The molecule has 130 valence electrons. The largest absolute Gasteiger partial charge is 0.497 e. The Bertz CT molecular complexity index is 1210. The van der Waals surface area contributed by atoms with Crippen LogP contribution in [0.1, 0.15) is 17.5 Å². The summed E-state index contributed by atoms with van der Waals surface area (Å²) in [6.45, 7) is 0.0113. The average Bonchev–Trinajstić information content (AvgIpc) is 3.19. The Kier molecular flexibility index (Phi) is 3.77. The number of benzene rings is 1. The van der Waals surface area contributed by atoms with Crippen LogP contribution in [-0.4, -0.2) is 37.3 Å². The number of fused-ring (bicyclic) bond motifs is 4. The van der Waals surface area contributed by atoms with Crippen molar-refractivity contribution in [3.63, 3.8) is 0 Å². The number of terminal acetylenes is 1. The molecule has 0 radical (unpaired) electrons. The minimum atomic E-state index is -0.106. The maximum atomic E-state index is 12.4. The van der Waals surface area contributed by atoms with Gasteiger partial charge in [0.2, 0.25) is 0 Å². The van der Waals surface area contributed by atoms with E-state index in [1.165, 1.54) is 0 Å². The van der Waals surface area contributed by atoms with Crippen molar-refractivity contribution in [1.82, 2.24) is 4.98 Å². The number of methoxy groups -OCH3 is 2. The predicted octanol–water partition coefficient (Wildman–Crippen LogP) is 0.568. The number of Topliss-reactive ketones (excluding diaryl/α,β-unsaturated/α-hetero) is 1. The van der Waals surface area contributed by atoms with Crippen LogP contribution in [0.15, 0.2) is 17.3 Å². The van der Waals surface area contributed by atoms with Crippen LogP contribution in [0.3, 0.4) is 0 Å². The lowest BCUT2D eigenvalue weighted by molar-refractivity contribution is -0.112. The maximum Gasteiger partial charge on any atom is 0.189 e. The van der Waals surface area contributed by atoms with E-state index in [4.69, 9.17) is 20.7 Å². The third kappa shape index (κ3) is 2.29. The van der Waals surface area contributed by atoms with Gasteiger partial charge >= 0.3 is 0 Å². The highest BCUT2D eigenvalue weighted by Gasteiger charge is 2.26. The maximum absolute atomic E-state index is 12.4. The minimum Gasteiger partial charge on any atom is -0.497 e. The van der Waals surface area contributed by atoms with E-state index in [9.17, 15) is 4.79 Å². The highest BCUT2D eigenvalue weighted by Crippen LogP contribution is 2.23. The Hall–Kier alpha value is -3.46. The Balaban J connectivity index is 2.03. The highest BCUT2D eigenvalue weighted by atomic mass is 16.6.